The predicted octanol–water partition coefficient (Wildman–Crippen LogP) is 7.56. The molecule has 1 N–H and O–H groups in total. The predicted molar refractivity (Wildman–Crippen MR) is 186 cm³/mol. The Morgan fingerprint density at radius 1 is 0.660 bits per heavy atom. The highest BCUT2D eigenvalue weighted by Crippen LogP contribution is 2.34. The molecule has 5 aromatic rings. The molecule has 0 bridgehead atoms. The molecule has 0 aliphatic carbocycles. The van der Waals surface area contributed by atoms with E-state index >= 15 is 0 Å². The lowest BCUT2D eigenvalue weighted by Gasteiger charge is -2.27. The first kappa shape index (κ1) is 31.1. The van der Waals surface area contributed by atoms with Gasteiger partial charge in [0.1, 0.15) is 11.1 Å². The first-order chi connectivity index (χ1) is 22.8. The van der Waals surface area contributed by atoms with E-state index in [2.05, 4.69) is 0 Å². The molecule has 8 nitrogen and oxygen atoms in total. The normalized spacial score (nSPS) is 14.1. The summed E-state index contributed by atoms with van der Waals surface area (Å²) in [5, 5.41) is 14.4. The Morgan fingerprint density at radius 2 is 1.06 bits per heavy atom. The Kier molecular flexibility index (Phi) is 8.77. The third kappa shape index (κ3) is 5.82. The molecule has 9 heteroatoms. The minimum Gasteiger partial charge on any atom is -0.493 e. The number of aromatic hydroxyl groups is 1. The maximum atomic E-state index is 13.9. The number of carbonyl (C=O) groups is 2. The smallest absolute Gasteiger partial charge is 0.283 e. The molecule has 47 heavy (non-hydrogen) atoms. The summed E-state index contributed by atoms with van der Waals surface area (Å²) in [4.78, 5) is 41.6. The fourth-order valence-corrected chi connectivity index (χ4v) is 5.74. The van der Waals surface area contributed by atoms with Crippen molar-refractivity contribution in [1.82, 2.24) is 9.36 Å². The van der Waals surface area contributed by atoms with Crippen LogP contribution in [0.5, 0.6) is 5.88 Å². The van der Waals surface area contributed by atoms with Gasteiger partial charge in [0.2, 0.25) is 5.88 Å². The molecule has 0 atom stereocenters. The lowest BCUT2D eigenvalue weighted by Crippen LogP contribution is -2.41. The molecule has 1 aliphatic heterocycles. The van der Waals surface area contributed by atoms with Crippen LogP contribution in [0.1, 0.15) is 25.8 Å². The van der Waals surface area contributed by atoms with Crippen molar-refractivity contribution in [3.05, 3.63) is 165 Å². The Bertz CT molecular complexity index is 2040. The van der Waals surface area contributed by atoms with E-state index in [-0.39, 0.29) is 22.0 Å². The molecule has 2 amide bonds. The molecule has 2 heterocycles. The highest BCUT2D eigenvalue weighted by molar-refractivity contribution is 6.37. The van der Waals surface area contributed by atoms with Gasteiger partial charge in [0.05, 0.1) is 22.7 Å². The standard InChI is InChI=1S/C38H31ClN4O4/c1-3-27(25-33-37(46)42(30-20-12-6-13-21-30)43(38(33)47)31-22-14-7-15-23-31)34(39)26(2)24-32-35(44)40(28-16-8-4-9-17-28)41(36(32)45)29-18-10-5-11-19-29/h4-25,44H,3H2,1-2H3/b26-24+,34-27-. The molecule has 6 rings (SSSR count). The SMILES string of the molecule is CC/C(C=C1C(=O)N(c2ccccc2)N(c2ccccc2)C1=O)=C(Cl)\C(C)=C\c1c(O)n(-c2ccccc2)n(-c2ccccc2)c1=O. The number of allylic oxidation sites excluding steroid dienone is 4. The van der Waals surface area contributed by atoms with Gasteiger partial charge in [-0.25, -0.2) is 19.4 Å². The maximum Gasteiger partial charge on any atom is 0.283 e. The molecular weight excluding hydrogens is 612 g/mol. The van der Waals surface area contributed by atoms with Crippen LogP contribution in [0, 0.1) is 0 Å². The number of carbonyl (C=O) groups excluding carboxylic acids is 2. The van der Waals surface area contributed by atoms with Crippen molar-refractivity contribution < 1.29 is 14.7 Å². The van der Waals surface area contributed by atoms with Gasteiger partial charge in [-0.1, -0.05) is 91.3 Å². The van der Waals surface area contributed by atoms with Gasteiger partial charge < -0.3 is 5.11 Å². The number of benzene rings is 4. The molecule has 4 aromatic carbocycles. The number of nitrogens with zero attached hydrogens (tertiary/aromatic N) is 4. The third-order valence-corrected chi connectivity index (χ3v) is 8.34. The number of para-hydroxylation sites is 4. The quantitative estimate of drug-likeness (QED) is 0.107. The summed E-state index contributed by atoms with van der Waals surface area (Å²) in [5.41, 5.74) is 2.76. The minimum absolute atomic E-state index is 0.0370. The fourth-order valence-electron chi connectivity index (χ4n) is 5.50. The monoisotopic (exact) mass is 642 g/mol. The summed E-state index contributed by atoms with van der Waals surface area (Å²) in [6, 6.07) is 36.0. The van der Waals surface area contributed by atoms with E-state index in [1.807, 2.05) is 55.5 Å². The lowest BCUT2D eigenvalue weighted by atomic mass is 10.0. The van der Waals surface area contributed by atoms with Gasteiger partial charge in [-0.3, -0.25) is 14.4 Å². The molecule has 0 saturated carbocycles. The molecule has 234 valence electrons. The number of hydrogen-bond acceptors (Lipinski definition) is 4. The molecule has 1 fully saturated rings. The van der Waals surface area contributed by atoms with Gasteiger partial charge in [-0.2, -0.15) is 0 Å². The second kappa shape index (κ2) is 13.2. The van der Waals surface area contributed by atoms with E-state index in [0.717, 1.165) is 0 Å². The molecule has 0 radical (unpaired) electrons. The molecular formula is C38H31ClN4O4. The van der Waals surface area contributed by atoms with Crippen molar-refractivity contribution in [2.24, 2.45) is 0 Å². The Labute approximate surface area is 276 Å². The van der Waals surface area contributed by atoms with Gasteiger partial charge in [0.25, 0.3) is 17.4 Å². The molecule has 1 aromatic heterocycles. The van der Waals surface area contributed by atoms with Crippen LogP contribution in [-0.4, -0.2) is 26.3 Å². The summed E-state index contributed by atoms with van der Waals surface area (Å²) < 4.78 is 2.85. The summed E-state index contributed by atoms with van der Waals surface area (Å²) >= 11 is 6.93. The minimum atomic E-state index is -0.495. The molecule has 1 aliphatic rings. The summed E-state index contributed by atoms with van der Waals surface area (Å²) in [7, 11) is 0. The topological polar surface area (TPSA) is 87.8 Å². The van der Waals surface area contributed by atoms with Crippen molar-refractivity contribution in [1.29, 1.82) is 0 Å². The van der Waals surface area contributed by atoms with E-state index in [1.54, 1.807) is 79.7 Å². The van der Waals surface area contributed by atoms with Crippen LogP contribution in [0.2, 0.25) is 0 Å². The van der Waals surface area contributed by atoms with Gasteiger partial charge >= 0.3 is 0 Å². The average Bonchev–Trinajstić information content (AvgIpc) is 3.51. The second-order valence-electron chi connectivity index (χ2n) is 10.8. The zero-order valence-corrected chi connectivity index (χ0v) is 26.5. The first-order valence-corrected chi connectivity index (χ1v) is 15.4. The molecule has 0 spiro atoms. The van der Waals surface area contributed by atoms with Crippen molar-refractivity contribution in [3.8, 4) is 17.3 Å². The largest absolute Gasteiger partial charge is 0.493 e. The highest BCUT2D eigenvalue weighted by atomic mass is 35.5. The van der Waals surface area contributed by atoms with Gasteiger partial charge in [0.15, 0.2) is 0 Å². The third-order valence-electron chi connectivity index (χ3n) is 7.80. The van der Waals surface area contributed by atoms with Crippen molar-refractivity contribution in [3.63, 3.8) is 0 Å². The zero-order chi connectivity index (χ0) is 33.1. The van der Waals surface area contributed by atoms with Crippen LogP contribution < -0.4 is 15.6 Å². The van der Waals surface area contributed by atoms with Crippen LogP contribution in [0.25, 0.3) is 17.5 Å². The zero-order valence-electron chi connectivity index (χ0n) is 25.7. The number of hydrogen-bond donors (Lipinski definition) is 1. The second-order valence-corrected chi connectivity index (χ2v) is 11.2. The number of hydrazine groups is 1. The van der Waals surface area contributed by atoms with Crippen molar-refractivity contribution in [2.45, 2.75) is 20.3 Å². The highest BCUT2D eigenvalue weighted by Gasteiger charge is 2.43. The van der Waals surface area contributed by atoms with Crippen LogP contribution in [0.15, 0.2) is 154 Å². The number of amides is 2. The van der Waals surface area contributed by atoms with Crippen LogP contribution in [0.3, 0.4) is 0 Å². The van der Waals surface area contributed by atoms with Crippen molar-refractivity contribution >= 4 is 40.9 Å². The van der Waals surface area contributed by atoms with Gasteiger partial charge in [-0.05, 0) is 85.2 Å². The Hall–Kier alpha value is -5.86. The first-order valence-electron chi connectivity index (χ1n) is 15.1. The van der Waals surface area contributed by atoms with Crippen LogP contribution in [-0.2, 0) is 9.59 Å². The van der Waals surface area contributed by atoms with E-state index in [0.29, 0.717) is 40.3 Å². The molecule has 0 unspecified atom stereocenters. The van der Waals surface area contributed by atoms with E-state index in [1.165, 1.54) is 31.5 Å². The maximum absolute atomic E-state index is 13.9. The lowest BCUT2D eigenvalue weighted by molar-refractivity contribution is -0.116. The van der Waals surface area contributed by atoms with Gasteiger partial charge in [0, 0.05) is 5.03 Å². The van der Waals surface area contributed by atoms with E-state index < -0.39 is 17.4 Å². The van der Waals surface area contributed by atoms with E-state index in [4.69, 9.17) is 11.6 Å². The number of anilines is 2. The van der Waals surface area contributed by atoms with E-state index in [9.17, 15) is 19.5 Å². The fraction of sp³-hybridized carbons (Fsp3) is 0.0789. The van der Waals surface area contributed by atoms with Crippen LogP contribution >= 0.6 is 11.6 Å². The average molecular weight is 643 g/mol. The number of halogens is 1. The molecule has 1 saturated heterocycles. The van der Waals surface area contributed by atoms with Crippen molar-refractivity contribution in [2.75, 3.05) is 10.0 Å². The summed E-state index contributed by atoms with van der Waals surface area (Å²) in [6.07, 6.45) is 3.42. The summed E-state index contributed by atoms with van der Waals surface area (Å²) in [6.45, 7) is 3.58. The Morgan fingerprint density at radius 3 is 1.49 bits per heavy atom. The Balaban J connectivity index is 1.45. The number of rotatable bonds is 8. The van der Waals surface area contributed by atoms with Gasteiger partial charge in [-0.15, -0.1) is 0 Å². The number of aromatic nitrogens is 2. The van der Waals surface area contributed by atoms with Crippen LogP contribution in [0.4, 0.5) is 11.4 Å². The summed E-state index contributed by atoms with van der Waals surface area (Å²) in [5.74, 6) is -1.25.